The fourth-order valence-electron chi connectivity index (χ4n) is 3.45. The first-order valence-corrected chi connectivity index (χ1v) is 8.33. The van der Waals surface area contributed by atoms with Gasteiger partial charge in [-0.3, -0.25) is 14.9 Å². The van der Waals surface area contributed by atoms with Crippen molar-refractivity contribution in [1.82, 2.24) is 4.90 Å². The summed E-state index contributed by atoms with van der Waals surface area (Å²) in [5.41, 5.74) is 3.66. The van der Waals surface area contributed by atoms with E-state index in [0.717, 1.165) is 16.7 Å². The van der Waals surface area contributed by atoms with Crippen molar-refractivity contribution in [3.8, 4) is 0 Å². The standard InChI is InChI=1S/C21H16N2O3/c24-21-19-9-5-4-8-18(19)20(16-6-2-1-3-7-16)22(21)14-15-10-12-17(13-11-15)23(25)26/h1-13,20H,14H2. The van der Waals surface area contributed by atoms with Crippen molar-refractivity contribution >= 4 is 11.6 Å². The zero-order chi connectivity index (χ0) is 18.1. The normalized spacial score (nSPS) is 15.8. The molecule has 3 aromatic rings. The van der Waals surface area contributed by atoms with E-state index in [1.54, 1.807) is 12.1 Å². The van der Waals surface area contributed by atoms with Gasteiger partial charge in [-0.25, -0.2) is 0 Å². The lowest BCUT2D eigenvalue weighted by molar-refractivity contribution is -0.384. The molecule has 0 saturated heterocycles. The second kappa shape index (κ2) is 6.44. The average molecular weight is 344 g/mol. The Hall–Kier alpha value is -3.47. The van der Waals surface area contributed by atoms with Crippen LogP contribution in [0.4, 0.5) is 5.69 Å². The molecule has 5 nitrogen and oxygen atoms in total. The van der Waals surface area contributed by atoms with Crippen LogP contribution in [-0.2, 0) is 6.54 Å². The van der Waals surface area contributed by atoms with Crippen LogP contribution in [0.1, 0.15) is 33.1 Å². The lowest BCUT2D eigenvalue weighted by atomic mass is 9.98. The molecule has 1 heterocycles. The number of hydrogen-bond acceptors (Lipinski definition) is 3. The van der Waals surface area contributed by atoms with Crippen LogP contribution in [0.15, 0.2) is 78.9 Å². The van der Waals surface area contributed by atoms with Gasteiger partial charge in [0.05, 0.1) is 11.0 Å². The SMILES string of the molecule is O=C1c2ccccc2C(c2ccccc2)N1Cc1ccc([N+](=O)[O-])cc1. The minimum absolute atomic E-state index is 0.0206. The van der Waals surface area contributed by atoms with E-state index in [4.69, 9.17) is 0 Å². The minimum Gasteiger partial charge on any atom is -0.323 e. The molecule has 0 saturated carbocycles. The molecule has 1 unspecified atom stereocenters. The molecule has 4 rings (SSSR count). The molecule has 26 heavy (non-hydrogen) atoms. The Morgan fingerprint density at radius 3 is 2.23 bits per heavy atom. The number of nitrogens with zero attached hydrogens (tertiary/aromatic N) is 2. The van der Waals surface area contributed by atoms with E-state index >= 15 is 0 Å². The molecular formula is C21H16N2O3. The number of carbonyl (C=O) groups excluding carboxylic acids is 1. The summed E-state index contributed by atoms with van der Waals surface area (Å²) >= 11 is 0. The maximum absolute atomic E-state index is 13.0. The Morgan fingerprint density at radius 1 is 0.885 bits per heavy atom. The van der Waals surface area contributed by atoms with Crippen molar-refractivity contribution in [1.29, 1.82) is 0 Å². The molecule has 1 aliphatic rings. The van der Waals surface area contributed by atoms with Gasteiger partial charge in [-0.1, -0.05) is 60.7 Å². The van der Waals surface area contributed by atoms with E-state index < -0.39 is 4.92 Å². The molecule has 1 atom stereocenters. The van der Waals surface area contributed by atoms with Crippen LogP contribution in [0, 0.1) is 10.1 Å². The van der Waals surface area contributed by atoms with Crippen molar-refractivity contribution in [2.45, 2.75) is 12.6 Å². The Bertz CT molecular complexity index is 968. The lowest BCUT2D eigenvalue weighted by Crippen LogP contribution is -2.28. The lowest BCUT2D eigenvalue weighted by Gasteiger charge is -2.26. The third kappa shape index (κ3) is 2.73. The number of carbonyl (C=O) groups is 1. The fraction of sp³-hybridized carbons (Fsp3) is 0.0952. The van der Waals surface area contributed by atoms with Gasteiger partial charge in [0.2, 0.25) is 0 Å². The molecule has 5 heteroatoms. The first kappa shape index (κ1) is 16.0. The van der Waals surface area contributed by atoms with Crippen molar-refractivity contribution in [2.75, 3.05) is 0 Å². The predicted octanol–water partition coefficient (Wildman–Crippen LogP) is 4.34. The second-order valence-electron chi connectivity index (χ2n) is 6.26. The molecule has 128 valence electrons. The monoisotopic (exact) mass is 344 g/mol. The largest absolute Gasteiger partial charge is 0.323 e. The Kier molecular flexibility index (Phi) is 3.97. The van der Waals surface area contributed by atoms with Crippen LogP contribution in [0.25, 0.3) is 0 Å². The fourth-order valence-corrected chi connectivity index (χ4v) is 3.45. The number of nitro groups is 1. The first-order chi connectivity index (χ1) is 12.6. The number of amides is 1. The van der Waals surface area contributed by atoms with Gasteiger partial charge >= 0.3 is 0 Å². The molecule has 0 N–H and O–H groups in total. The third-order valence-corrected chi connectivity index (χ3v) is 4.67. The zero-order valence-electron chi connectivity index (χ0n) is 13.9. The van der Waals surface area contributed by atoms with Crippen LogP contribution in [0.5, 0.6) is 0 Å². The van der Waals surface area contributed by atoms with Gasteiger partial charge in [0, 0.05) is 24.2 Å². The highest BCUT2D eigenvalue weighted by Crippen LogP contribution is 2.39. The van der Waals surface area contributed by atoms with Gasteiger partial charge in [0.1, 0.15) is 0 Å². The molecule has 0 radical (unpaired) electrons. The maximum atomic E-state index is 13.0. The minimum atomic E-state index is -0.423. The number of rotatable bonds is 4. The predicted molar refractivity (Wildman–Crippen MR) is 97.7 cm³/mol. The number of fused-ring (bicyclic) bond motifs is 1. The van der Waals surface area contributed by atoms with Gasteiger partial charge in [0.15, 0.2) is 0 Å². The van der Waals surface area contributed by atoms with E-state index in [9.17, 15) is 14.9 Å². The van der Waals surface area contributed by atoms with Crippen LogP contribution >= 0.6 is 0 Å². The first-order valence-electron chi connectivity index (χ1n) is 8.33. The van der Waals surface area contributed by atoms with E-state index in [-0.39, 0.29) is 17.6 Å². The molecule has 0 fully saturated rings. The summed E-state index contributed by atoms with van der Waals surface area (Å²) in [6, 6.07) is 23.8. The third-order valence-electron chi connectivity index (χ3n) is 4.67. The smallest absolute Gasteiger partial charge is 0.269 e. The van der Waals surface area contributed by atoms with Crippen LogP contribution in [0.3, 0.4) is 0 Å². The molecule has 0 aromatic heterocycles. The molecule has 3 aromatic carbocycles. The van der Waals surface area contributed by atoms with E-state index in [1.165, 1.54) is 12.1 Å². The van der Waals surface area contributed by atoms with Crippen molar-refractivity contribution < 1.29 is 9.72 Å². The van der Waals surface area contributed by atoms with Gasteiger partial charge in [-0.05, 0) is 22.8 Å². The highest BCUT2D eigenvalue weighted by atomic mass is 16.6. The van der Waals surface area contributed by atoms with Gasteiger partial charge in [0.25, 0.3) is 11.6 Å². The van der Waals surface area contributed by atoms with E-state index in [1.807, 2.05) is 59.5 Å². The van der Waals surface area contributed by atoms with Crippen molar-refractivity contribution in [3.05, 3.63) is 111 Å². The van der Waals surface area contributed by atoms with Gasteiger partial charge in [-0.15, -0.1) is 0 Å². The summed E-state index contributed by atoms with van der Waals surface area (Å²) in [5.74, 6) is -0.0206. The number of nitro benzene ring substituents is 1. The maximum Gasteiger partial charge on any atom is 0.269 e. The average Bonchev–Trinajstić information content (AvgIpc) is 2.95. The highest BCUT2D eigenvalue weighted by Gasteiger charge is 2.37. The van der Waals surface area contributed by atoms with E-state index in [0.29, 0.717) is 12.1 Å². The Morgan fingerprint density at radius 2 is 1.54 bits per heavy atom. The summed E-state index contributed by atoms with van der Waals surface area (Å²) in [6.45, 7) is 0.394. The van der Waals surface area contributed by atoms with Crippen LogP contribution < -0.4 is 0 Å². The zero-order valence-corrected chi connectivity index (χ0v) is 13.9. The molecule has 0 spiro atoms. The Labute approximate surface area is 150 Å². The van der Waals surface area contributed by atoms with Crippen molar-refractivity contribution in [2.24, 2.45) is 0 Å². The summed E-state index contributed by atoms with van der Waals surface area (Å²) in [5, 5.41) is 10.8. The van der Waals surface area contributed by atoms with Crippen molar-refractivity contribution in [3.63, 3.8) is 0 Å². The molecular weight excluding hydrogens is 328 g/mol. The summed E-state index contributed by atoms with van der Waals surface area (Å²) in [7, 11) is 0. The van der Waals surface area contributed by atoms with E-state index in [2.05, 4.69) is 0 Å². The van der Waals surface area contributed by atoms with Crippen LogP contribution in [-0.4, -0.2) is 15.7 Å². The summed E-state index contributed by atoms with van der Waals surface area (Å²) < 4.78 is 0. The second-order valence-corrected chi connectivity index (χ2v) is 6.26. The molecule has 0 aliphatic carbocycles. The highest BCUT2D eigenvalue weighted by molar-refractivity contribution is 5.99. The Balaban J connectivity index is 1.72. The van der Waals surface area contributed by atoms with Gasteiger partial charge < -0.3 is 4.90 Å². The van der Waals surface area contributed by atoms with Gasteiger partial charge in [-0.2, -0.15) is 0 Å². The quantitative estimate of drug-likeness (QED) is 0.522. The topological polar surface area (TPSA) is 63.5 Å². The number of non-ortho nitro benzene ring substituents is 1. The number of benzene rings is 3. The number of hydrogen-bond donors (Lipinski definition) is 0. The van der Waals surface area contributed by atoms with Crippen LogP contribution in [0.2, 0.25) is 0 Å². The summed E-state index contributed by atoms with van der Waals surface area (Å²) in [4.78, 5) is 25.2. The molecule has 1 aliphatic heterocycles. The molecule has 0 bridgehead atoms. The summed E-state index contributed by atoms with van der Waals surface area (Å²) in [6.07, 6.45) is 0. The molecule has 1 amide bonds.